The Kier molecular flexibility index (Phi) is 7.64. The number of non-ortho nitro benzene ring substituents is 1. The van der Waals surface area contributed by atoms with Crippen LogP contribution in [0.5, 0.6) is 0 Å². The number of esters is 1. The first-order valence-corrected chi connectivity index (χ1v) is 13.6. The Bertz CT molecular complexity index is 818. The van der Waals surface area contributed by atoms with Gasteiger partial charge >= 0.3 is 5.97 Å². The molecule has 0 radical (unpaired) electrons. The molecular weight excluding hydrogens is 416 g/mol. The molecule has 0 saturated carbocycles. The Balaban J connectivity index is 1.91. The number of rotatable bonds is 9. The van der Waals surface area contributed by atoms with Gasteiger partial charge in [-0.25, -0.2) is 0 Å². The van der Waals surface area contributed by atoms with E-state index >= 15 is 0 Å². The molecule has 1 fully saturated rings. The van der Waals surface area contributed by atoms with Crippen molar-refractivity contribution in [1.82, 2.24) is 4.90 Å². The SMILES string of the molecule is CCC1C(C(C)O[Si](C)(C)C(C)(C)C)C(=O)N1CC(=O)OCc1ccc([N+](=O)[O-])cc1. The lowest BCUT2D eigenvalue weighted by atomic mass is 9.82. The Hall–Kier alpha value is -2.26. The summed E-state index contributed by atoms with van der Waals surface area (Å²) in [5, 5.41) is 10.8. The molecule has 1 aliphatic rings. The van der Waals surface area contributed by atoms with Crippen LogP contribution < -0.4 is 0 Å². The molecule has 1 heterocycles. The fourth-order valence-electron chi connectivity index (χ4n) is 3.59. The molecule has 1 saturated heterocycles. The minimum absolute atomic E-state index is 0.00393. The fraction of sp³-hybridized carbons (Fsp3) is 0.636. The Morgan fingerprint density at radius 3 is 2.32 bits per heavy atom. The summed E-state index contributed by atoms with van der Waals surface area (Å²) in [4.78, 5) is 36.9. The van der Waals surface area contributed by atoms with Gasteiger partial charge < -0.3 is 14.1 Å². The van der Waals surface area contributed by atoms with E-state index in [1.165, 1.54) is 12.1 Å². The van der Waals surface area contributed by atoms with Crippen LogP contribution in [-0.4, -0.2) is 48.7 Å². The van der Waals surface area contributed by atoms with E-state index in [2.05, 4.69) is 33.9 Å². The smallest absolute Gasteiger partial charge is 0.325 e. The van der Waals surface area contributed by atoms with Crippen LogP contribution in [0.2, 0.25) is 18.1 Å². The fourth-order valence-corrected chi connectivity index (χ4v) is 5.02. The van der Waals surface area contributed by atoms with Crippen molar-refractivity contribution in [3.63, 3.8) is 0 Å². The zero-order valence-corrected chi connectivity index (χ0v) is 20.5. The molecule has 1 aromatic rings. The van der Waals surface area contributed by atoms with Crippen molar-refractivity contribution in [3.05, 3.63) is 39.9 Å². The number of likely N-dealkylation sites (tertiary alicyclic amines) is 1. The molecule has 3 unspecified atom stereocenters. The van der Waals surface area contributed by atoms with E-state index in [1.54, 1.807) is 17.0 Å². The van der Waals surface area contributed by atoms with Gasteiger partial charge in [0.15, 0.2) is 8.32 Å². The highest BCUT2D eigenvalue weighted by Crippen LogP contribution is 2.40. The number of β-lactam (4-membered cyclic amide) rings is 1. The summed E-state index contributed by atoms with van der Waals surface area (Å²) < 4.78 is 11.7. The van der Waals surface area contributed by atoms with Gasteiger partial charge in [0, 0.05) is 18.2 Å². The van der Waals surface area contributed by atoms with E-state index in [9.17, 15) is 19.7 Å². The number of amides is 1. The topological polar surface area (TPSA) is 99.0 Å². The molecule has 1 aromatic carbocycles. The molecule has 0 spiro atoms. The van der Waals surface area contributed by atoms with Crippen LogP contribution in [0.3, 0.4) is 0 Å². The number of ether oxygens (including phenoxy) is 1. The van der Waals surface area contributed by atoms with Gasteiger partial charge in [-0.1, -0.05) is 27.7 Å². The van der Waals surface area contributed by atoms with Crippen LogP contribution in [0.1, 0.15) is 46.6 Å². The highest BCUT2D eigenvalue weighted by Gasteiger charge is 2.52. The number of nitro benzene ring substituents is 1. The van der Waals surface area contributed by atoms with E-state index in [-0.39, 0.29) is 47.8 Å². The Morgan fingerprint density at radius 1 is 1.26 bits per heavy atom. The zero-order chi connectivity index (χ0) is 23.6. The minimum atomic E-state index is -2.01. The molecule has 172 valence electrons. The molecule has 31 heavy (non-hydrogen) atoms. The summed E-state index contributed by atoms with van der Waals surface area (Å²) in [6.07, 6.45) is 0.530. The molecule has 9 heteroatoms. The maximum absolute atomic E-state index is 12.8. The van der Waals surface area contributed by atoms with Crippen molar-refractivity contribution >= 4 is 25.9 Å². The third-order valence-electron chi connectivity index (χ3n) is 6.44. The van der Waals surface area contributed by atoms with Crippen LogP contribution in [-0.2, 0) is 25.4 Å². The largest absolute Gasteiger partial charge is 0.459 e. The second-order valence-corrected chi connectivity index (χ2v) is 14.4. The van der Waals surface area contributed by atoms with E-state index in [4.69, 9.17) is 9.16 Å². The number of hydrogen-bond donors (Lipinski definition) is 0. The predicted octanol–water partition coefficient (Wildman–Crippen LogP) is 4.29. The maximum atomic E-state index is 12.8. The van der Waals surface area contributed by atoms with Crippen molar-refractivity contribution in [1.29, 1.82) is 0 Å². The zero-order valence-electron chi connectivity index (χ0n) is 19.5. The number of carbonyl (C=O) groups is 2. The van der Waals surface area contributed by atoms with Gasteiger partial charge in [0.25, 0.3) is 5.69 Å². The first kappa shape index (κ1) is 25.0. The lowest BCUT2D eigenvalue weighted by molar-refractivity contribution is -0.384. The molecule has 3 atom stereocenters. The molecule has 0 N–H and O–H groups in total. The molecule has 2 rings (SSSR count). The quantitative estimate of drug-likeness (QED) is 0.183. The normalized spacial score (nSPS) is 20.2. The summed E-state index contributed by atoms with van der Waals surface area (Å²) >= 11 is 0. The van der Waals surface area contributed by atoms with Gasteiger partial charge in [0.1, 0.15) is 13.2 Å². The van der Waals surface area contributed by atoms with E-state index in [1.807, 2.05) is 13.8 Å². The Morgan fingerprint density at radius 2 is 1.84 bits per heavy atom. The minimum Gasteiger partial charge on any atom is -0.459 e. The monoisotopic (exact) mass is 450 g/mol. The summed E-state index contributed by atoms with van der Waals surface area (Å²) in [5.41, 5.74) is 0.627. The van der Waals surface area contributed by atoms with Gasteiger partial charge in [-0.3, -0.25) is 19.7 Å². The van der Waals surface area contributed by atoms with Gasteiger partial charge in [-0.05, 0) is 49.2 Å². The molecule has 8 nitrogen and oxygen atoms in total. The van der Waals surface area contributed by atoms with Crippen LogP contribution in [0.25, 0.3) is 0 Å². The molecular formula is C22H34N2O6Si. The Labute approximate surface area is 185 Å². The second-order valence-electron chi connectivity index (χ2n) is 9.64. The van der Waals surface area contributed by atoms with Crippen molar-refractivity contribution < 1.29 is 23.7 Å². The van der Waals surface area contributed by atoms with Crippen LogP contribution in [0, 0.1) is 16.0 Å². The number of nitrogens with zero attached hydrogens (tertiary/aromatic N) is 2. The maximum Gasteiger partial charge on any atom is 0.325 e. The molecule has 1 aliphatic heterocycles. The lowest BCUT2D eigenvalue weighted by Crippen LogP contribution is -2.66. The van der Waals surface area contributed by atoms with Crippen molar-refractivity contribution in [3.8, 4) is 0 Å². The van der Waals surface area contributed by atoms with E-state index in [0.29, 0.717) is 5.56 Å². The summed E-state index contributed by atoms with van der Waals surface area (Å²) in [5.74, 6) is -0.825. The number of hydrogen-bond acceptors (Lipinski definition) is 6. The molecule has 0 aromatic heterocycles. The average Bonchev–Trinajstić information content (AvgIpc) is 2.67. The number of benzene rings is 1. The van der Waals surface area contributed by atoms with Crippen LogP contribution in [0.15, 0.2) is 24.3 Å². The highest BCUT2D eigenvalue weighted by molar-refractivity contribution is 6.74. The average molecular weight is 451 g/mol. The van der Waals surface area contributed by atoms with Gasteiger partial charge in [-0.15, -0.1) is 0 Å². The van der Waals surface area contributed by atoms with Crippen molar-refractivity contribution in [2.24, 2.45) is 5.92 Å². The molecule has 1 amide bonds. The molecule has 0 bridgehead atoms. The number of nitro groups is 1. The van der Waals surface area contributed by atoms with E-state index < -0.39 is 19.2 Å². The van der Waals surface area contributed by atoms with Gasteiger partial charge in [0.2, 0.25) is 5.91 Å². The summed E-state index contributed by atoms with van der Waals surface area (Å²) in [7, 11) is -2.01. The standard InChI is InChI=1S/C22H34N2O6Si/c1-8-18-20(15(2)30-31(6,7)22(3,4)5)21(26)23(18)13-19(25)29-14-16-9-11-17(12-10-16)24(27)28/h9-12,15,18,20H,8,13-14H2,1-7H3. The number of carbonyl (C=O) groups excluding carboxylic acids is 2. The van der Waals surface area contributed by atoms with Crippen molar-refractivity contribution in [2.75, 3.05) is 6.54 Å². The third kappa shape index (κ3) is 5.71. The van der Waals surface area contributed by atoms with Gasteiger partial charge in [0.05, 0.1) is 16.9 Å². The first-order chi connectivity index (χ1) is 14.3. The van der Waals surface area contributed by atoms with Crippen LogP contribution in [0.4, 0.5) is 5.69 Å². The first-order valence-electron chi connectivity index (χ1n) is 10.7. The van der Waals surface area contributed by atoms with Crippen LogP contribution >= 0.6 is 0 Å². The summed E-state index contributed by atoms with van der Waals surface area (Å²) in [6.45, 7) is 14.7. The van der Waals surface area contributed by atoms with Gasteiger partial charge in [-0.2, -0.15) is 0 Å². The summed E-state index contributed by atoms with van der Waals surface area (Å²) in [6, 6.07) is 5.77. The molecule has 0 aliphatic carbocycles. The third-order valence-corrected chi connectivity index (χ3v) is 11.0. The van der Waals surface area contributed by atoms with Crippen molar-refractivity contribution in [2.45, 2.75) is 77.9 Å². The highest BCUT2D eigenvalue weighted by atomic mass is 28.4. The predicted molar refractivity (Wildman–Crippen MR) is 120 cm³/mol. The lowest BCUT2D eigenvalue weighted by Gasteiger charge is -2.50. The second kappa shape index (κ2) is 9.48. The van der Waals surface area contributed by atoms with E-state index in [0.717, 1.165) is 6.42 Å².